The average molecular weight is 803 g/mol. The third-order valence-electron chi connectivity index (χ3n) is 9.95. The molecule has 5 heterocycles. The molecule has 5 aromatic rings. The van der Waals surface area contributed by atoms with E-state index < -0.39 is 11.7 Å². The number of aromatic nitrogens is 4. The standard InChI is InChI=1S/C41H45Cl2N7O6/c1-41(2,3)56-40(53)49(23-27-13-15-35(51)44-27)21-25-12-14-32(45-38(25)54-5)31-11-7-10-30(37(31)43)29-9-6-8-28(36(29)42)26-20-33-39(52)47(4)34(46-50(33)22-26)24-48-16-18-55-19-17-48/h6-12,14,20,22,27H,13,15-19,21,23-24H2,1-5H3,(H,44,51)/t27-/m0/s1. The Morgan fingerprint density at radius 1 is 1.00 bits per heavy atom. The zero-order valence-electron chi connectivity index (χ0n) is 32.1. The summed E-state index contributed by atoms with van der Waals surface area (Å²) in [6.45, 7) is 9.28. The Bertz CT molecular complexity index is 2350. The molecule has 0 spiro atoms. The van der Waals surface area contributed by atoms with Gasteiger partial charge in [0.25, 0.3) is 5.56 Å². The molecule has 2 fully saturated rings. The van der Waals surface area contributed by atoms with E-state index in [1.54, 1.807) is 21.0 Å². The quantitative estimate of drug-likeness (QED) is 0.166. The molecule has 1 N–H and O–H groups in total. The second-order valence-corrected chi connectivity index (χ2v) is 15.8. The zero-order valence-corrected chi connectivity index (χ0v) is 33.6. The highest BCUT2D eigenvalue weighted by Gasteiger charge is 2.29. The SMILES string of the molecule is COc1nc(-c2cccc(-c3cccc(-c4cc5c(=O)n(C)c(CN6CCOCC6)nn5c4)c3Cl)c2Cl)ccc1CN(C[C@@H]1CCC(=O)N1)C(=O)OC(C)(C)C. The van der Waals surface area contributed by atoms with Crippen LogP contribution in [-0.4, -0.2) is 92.6 Å². The predicted molar refractivity (Wildman–Crippen MR) is 215 cm³/mol. The summed E-state index contributed by atoms with van der Waals surface area (Å²) < 4.78 is 20.2. The van der Waals surface area contributed by atoms with Crippen molar-refractivity contribution in [3.05, 3.63) is 92.6 Å². The lowest BCUT2D eigenvalue weighted by Crippen LogP contribution is -2.43. The number of benzene rings is 2. The van der Waals surface area contributed by atoms with E-state index in [-0.39, 0.29) is 30.6 Å². The third-order valence-corrected chi connectivity index (χ3v) is 10.8. The first-order valence-corrected chi connectivity index (χ1v) is 19.3. The van der Waals surface area contributed by atoms with Gasteiger partial charge in [0.1, 0.15) is 16.9 Å². The summed E-state index contributed by atoms with van der Waals surface area (Å²) in [4.78, 5) is 47.3. The van der Waals surface area contributed by atoms with Crippen molar-refractivity contribution in [2.45, 2.75) is 58.3 Å². The van der Waals surface area contributed by atoms with Crippen molar-refractivity contribution < 1.29 is 23.8 Å². The van der Waals surface area contributed by atoms with Gasteiger partial charge in [0.05, 0.1) is 49.2 Å². The van der Waals surface area contributed by atoms with Crippen LogP contribution in [0.25, 0.3) is 39.0 Å². The molecule has 2 aliphatic rings. The highest BCUT2D eigenvalue weighted by atomic mass is 35.5. The number of hydrogen-bond donors (Lipinski definition) is 1. The lowest BCUT2D eigenvalue weighted by molar-refractivity contribution is -0.119. The molecule has 1 atom stereocenters. The molecule has 7 rings (SSSR count). The summed E-state index contributed by atoms with van der Waals surface area (Å²) in [6.07, 6.45) is 2.37. The van der Waals surface area contributed by atoms with Crippen LogP contribution in [0.4, 0.5) is 4.79 Å². The summed E-state index contributed by atoms with van der Waals surface area (Å²) >= 11 is 14.3. The normalized spacial score (nSPS) is 16.3. The molecule has 15 heteroatoms. The fourth-order valence-electron chi connectivity index (χ4n) is 7.05. The Hall–Kier alpha value is -4.95. The number of nitrogens with one attached hydrogen (secondary N) is 1. The minimum Gasteiger partial charge on any atom is -0.481 e. The fourth-order valence-corrected chi connectivity index (χ4v) is 7.71. The monoisotopic (exact) mass is 801 g/mol. The summed E-state index contributed by atoms with van der Waals surface area (Å²) in [5.41, 5.74) is 4.34. The Labute approximate surface area is 335 Å². The van der Waals surface area contributed by atoms with E-state index in [9.17, 15) is 14.4 Å². The smallest absolute Gasteiger partial charge is 0.410 e. The molecule has 0 bridgehead atoms. The van der Waals surface area contributed by atoms with Gasteiger partial charge in [-0.25, -0.2) is 14.3 Å². The molecular weight excluding hydrogens is 757 g/mol. The first-order valence-electron chi connectivity index (χ1n) is 18.6. The van der Waals surface area contributed by atoms with Crippen LogP contribution in [-0.2, 0) is 34.4 Å². The molecule has 2 saturated heterocycles. The number of amides is 2. The number of morpholine rings is 1. The zero-order chi connectivity index (χ0) is 39.7. The summed E-state index contributed by atoms with van der Waals surface area (Å²) in [5.74, 6) is 0.945. The fraction of sp³-hybridized carbons (Fsp3) is 0.390. The van der Waals surface area contributed by atoms with Gasteiger partial charge in [-0.2, -0.15) is 5.10 Å². The molecule has 0 unspecified atom stereocenters. The molecule has 0 radical (unpaired) electrons. The van der Waals surface area contributed by atoms with Gasteiger partial charge in [-0.15, -0.1) is 0 Å². The number of hydrogen-bond acceptors (Lipinski definition) is 9. The number of fused-ring (bicyclic) bond motifs is 1. The Balaban J connectivity index is 1.17. The first-order chi connectivity index (χ1) is 26.8. The number of carbonyl (C=O) groups excluding carboxylic acids is 2. The van der Waals surface area contributed by atoms with E-state index in [1.807, 2.05) is 81.6 Å². The Kier molecular flexibility index (Phi) is 11.4. The number of pyridine rings is 1. The molecule has 294 valence electrons. The molecular formula is C41H45Cl2N7O6. The molecule has 2 amide bonds. The van der Waals surface area contributed by atoms with E-state index in [4.69, 9.17) is 47.5 Å². The maximum Gasteiger partial charge on any atom is 0.410 e. The molecule has 2 aromatic carbocycles. The van der Waals surface area contributed by atoms with Gasteiger partial charge in [0.2, 0.25) is 11.8 Å². The summed E-state index contributed by atoms with van der Waals surface area (Å²) in [7, 11) is 3.27. The van der Waals surface area contributed by atoms with Gasteiger partial charge in [-0.3, -0.25) is 19.1 Å². The Morgan fingerprint density at radius 3 is 2.34 bits per heavy atom. The van der Waals surface area contributed by atoms with Crippen LogP contribution in [0.3, 0.4) is 0 Å². The molecule has 0 saturated carbocycles. The first kappa shape index (κ1) is 39.3. The summed E-state index contributed by atoms with van der Waals surface area (Å²) in [5, 5.41) is 8.64. The van der Waals surface area contributed by atoms with Crippen molar-refractivity contribution in [2.24, 2.45) is 7.05 Å². The Morgan fingerprint density at radius 2 is 1.68 bits per heavy atom. The van der Waals surface area contributed by atoms with E-state index in [0.29, 0.717) is 87.8 Å². The van der Waals surface area contributed by atoms with Crippen LogP contribution in [0.2, 0.25) is 10.0 Å². The topological polar surface area (TPSA) is 133 Å². The number of methoxy groups -OCH3 is 1. The van der Waals surface area contributed by atoms with E-state index in [0.717, 1.165) is 24.2 Å². The second kappa shape index (κ2) is 16.3. The van der Waals surface area contributed by atoms with Gasteiger partial charge in [-0.05, 0) is 45.4 Å². The number of ether oxygens (including phenoxy) is 3. The van der Waals surface area contributed by atoms with Crippen LogP contribution in [0.1, 0.15) is 45.0 Å². The third kappa shape index (κ3) is 8.41. The van der Waals surface area contributed by atoms with Crippen LogP contribution in [0.15, 0.2) is 65.6 Å². The maximum atomic E-state index is 13.5. The molecule has 3 aromatic heterocycles. The van der Waals surface area contributed by atoms with Gasteiger partial charge in [0.15, 0.2) is 0 Å². The van der Waals surface area contributed by atoms with Gasteiger partial charge < -0.3 is 24.4 Å². The molecule has 0 aliphatic carbocycles. The van der Waals surface area contributed by atoms with Crippen LogP contribution >= 0.6 is 23.2 Å². The van der Waals surface area contributed by atoms with Crippen molar-refractivity contribution in [1.82, 2.24) is 34.3 Å². The lowest BCUT2D eigenvalue weighted by atomic mass is 9.97. The molecule has 56 heavy (non-hydrogen) atoms. The predicted octanol–water partition coefficient (Wildman–Crippen LogP) is 6.59. The van der Waals surface area contributed by atoms with Crippen molar-refractivity contribution >= 4 is 40.7 Å². The van der Waals surface area contributed by atoms with Crippen molar-refractivity contribution in [3.8, 4) is 39.4 Å². The van der Waals surface area contributed by atoms with Crippen LogP contribution in [0.5, 0.6) is 5.88 Å². The number of nitrogens with zero attached hydrogens (tertiary/aromatic N) is 6. The maximum absolute atomic E-state index is 13.5. The van der Waals surface area contributed by atoms with Gasteiger partial charge in [-0.1, -0.05) is 59.6 Å². The van der Waals surface area contributed by atoms with E-state index in [1.165, 1.54) is 7.11 Å². The van der Waals surface area contributed by atoms with Crippen molar-refractivity contribution in [3.63, 3.8) is 0 Å². The number of halogens is 2. The van der Waals surface area contributed by atoms with Gasteiger partial charge >= 0.3 is 6.09 Å². The minimum atomic E-state index is -0.704. The van der Waals surface area contributed by atoms with Crippen LogP contribution in [0, 0.1) is 0 Å². The highest BCUT2D eigenvalue weighted by Crippen LogP contribution is 2.42. The van der Waals surface area contributed by atoms with Crippen molar-refractivity contribution in [1.29, 1.82) is 0 Å². The summed E-state index contributed by atoms with van der Waals surface area (Å²) in [6, 6.07) is 16.7. The highest BCUT2D eigenvalue weighted by molar-refractivity contribution is 6.39. The lowest BCUT2D eigenvalue weighted by Gasteiger charge is -2.29. The number of rotatable bonds is 10. The molecule has 2 aliphatic heterocycles. The average Bonchev–Trinajstić information content (AvgIpc) is 3.79. The van der Waals surface area contributed by atoms with Gasteiger partial charge in [0, 0.05) is 78.7 Å². The van der Waals surface area contributed by atoms with E-state index in [2.05, 4.69) is 10.2 Å². The minimum absolute atomic E-state index is 0.0356. The molecule has 13 nitrogen and oxygen atoms in total. The number of carbonyl (C=O) groups is 2. The largest absolute Gasteiger partial charge is 0.481 e. The van der Waals surface area contributed by atoms with Crippen LogP contribution < -0.4 is 15.6 Å². The van der Waals surface area contributed by atoms with E-state index >= 15 is 0 Å². The second-order valence-electron chi connectivity index (χ2n) is 15.1. The van der Waals surface area contributed by atoms with Crippen molar-refractivity contribution in [2.75, 3.05) is 40.0 Å².